The third-order valence-electron chi connectivity index (χ3n) is 4.01. The molecule has 1 aliphatic rings. The molecule has 1 aliphatic heterocycles. The van der Waals surface area contributed by atoms with Gasteiger partial charge < -0.3 is 10.2 Å². The average Bonchev–Trinajstić information content (AvgIpc) is 3.11. The summed E-state index contributed by atoms with van der Waals surface area (Å²) in [5.74, 6) is -0.381. The summed E-state index contributed by atoms with van der Waals surface area (Å²) in [5.41, 5.74) is 1.04. The Hall–Kier alpha value is -2.70. The number of nitrogens with zero attached hydrogens (tertiary/aromatic N) is 4. The van der Waals surface area contributed by atoms with E-state index in [2.05, 4.69) is 15.5 Å². The first-order chi connectivity index (χ1) is 11.2. The summed E-state index contributed by atoms with van der Waals surface area (Å²) in [6.07, 6.45) is 3.97. The van der Waals surface area contributed by atoms with E-state index in [1.165, 1.54) is 11.0 Å². The van der Waals surface area contributed by atoms with Gasteiger partial charge in [-0.3, -0.25) is 9.59 Å². The normalized spacial score (nSPS) is 17.8. The maximum atomic E-state index is 12.7. The van der Waals surface area contributed by atoms with E-state index < -0.39 is 6.04 Å². The van der Waals surface area contributed by atoms with Crippen LogP contribution in [0.1, 0.15) is 29.8 Å². The average molecular weight is 313 g/mol. The van der Waals surface area contributed by atoms with Crippen molar-refractivity contribution in [1.29, 1.82) is 0 Å². The first kappa shape index (κ1) is 15.2. The van der Waals surface area contributed by atoms with E-state index in [0.717, 1.165) is 18.5 Å². The lowest BCUT2D eigenvalue weighted by atomic mass is 10.0. The molecule has 7 heteroatoms. The van der Waals surface area contributed by atoms with Crippen molar-refractivity contribution in [3.05, 3.63) is 42.2 Å². The molecule has 1 fully saturated rings. The standard InChI is InChI=1S/C16H19N5O2/c1-17-15(22)14-9-5-6-10-20(14)16(23)13-11-18-21(19-13)12-7-3-2-4-8-12/h2-4,7-8,11,14H,5-6,9-10H2,1H3,(H,17,22)/t14-/m0/s1. The lowest BCUT2D eigenvalue weighted by molar-refractivity contribution is -0.126. The zero-order valence-corrected chi connectivity index (χ0v) is 13.0. The van der Waals surface area contributed by atoms with Crippen molar-refractivity contribution in [1.82, 2.24) is 25.2 Å². The number of nitrogens with one attached hydrogen (secondary N) is 1. The molecule has 1 saturated heterocycles. The third-order valence-corrected chi connectivity index (χ3v) is 4.01. The number of piperidine rings is 1. The summed E-state index contributed by atoms with van der Waals surface area (Å²) >= 11 is 0. The minimum atomic E-state index is -0.428. The molecule has 3 rings (SSSR count). The molecule has 7 nitrogen and oxygen atoms in total. The first-order valence-corrected chi connectivity index (χ1v) is 7.71. The zero-order chi connectivity index (χ0) is 16.2. The van der Waals surface area contributed by atoms with Crippen LogP contribution in [0.25, 0.3) is 5.69 Å². The van der Waals surface area contributed by atoms with Crippen LogP contribution in [-0.4, -0.2) is 51.3 Å². The minimum Gasteiger partial charge on any atom is -0.357 e. The summed E-state index contributed by atoms with van der Waals surface area (Å²) in [7, 11) is 1.59. The fraction of sp³-hybridized carbons (Fsp3) is 0.375. The van der Waals surface area contributed by atoms with E-state index in [0.29, 0.717) is 13.0 Å². The molecule has 23 heavy (non-hydrogen) atoms. The number of carbonyl (C=O) groups is 2. The van der Waals surface area contributed by atoms with Gasteiger partial charge in [0.2, 0.25) is 5.91 Å². The van der Waals surface area contributed by atoms with E-state index in [9.17, 15) is 9.59 Å². The molecule has 2 heterocycles. The Morgan fingerprint density at radius 3 is 2.74 bits per heavy atom. The fourth-order valence-corrected chi connectivity index (χ4v) is 2.81. The van der Waals surface area contributed by atoms with Gasteiger partial charge in [0.1, 0.15) is 6.04 Å². The molecule has 120 valence electrons. The molecule has 1 atom stereocenters. The van der Waals surface area contributed by atoms with Gasteiger partial charge in [-0.25, -0.2) is 0 Å². The van der Waals surface area contributed by atoms with Gasteiger partial charge in [0.05, 0.1) is 11.9 Å². The summed E-state index contributed by atoms with van der Waals surface area (Å²) in [5, 5.41) is 11.0. The number of hydrogen-bond acceptors (Lipinski definition) is 4. The summed E-state index contributed by atoms with van der Waals surface area (Å²) in [4.78, 5) is 27.7. The Labute approximate surface area is 134 Å². The molecule has 0 unspecified atom stereocenters. The van der Waals surface area contributed by atoms with Crippen LogP contribution >= 0.6 is 0 Å². The van der Waals surface area contributed by atoms with Crippen LogP contribution in [0.3, 0.4) is 0 Å². The van der Waals surface area contributed by atoms with Crippen molar-refractivity contribution in [3.63, 3.8) is 0 Å². The van der Waals surface area contributed by atoms with E-state index >= 15 is 0 Å². The number of aromatic nitrogens is 3. The monoisotopic (exact) mass is 313 g/mol. The number of carbonyl (C=O) groups excluding carboxylic acids is 2. The largest absolute Gasteiger partial charge is 0.357 e. The van der Waals surface area contributed by atoms with Crippen LogP contribution in [0.15, 0.2) is 36.5 Å². The van der Waals surface area contributed by atoms with Crippen LogP contribution in [0, 0.1) is 0 Å². The van der Waals surface area contributed by atoms with E-state index in [-0.39, 0.29) is 17.5 Å². The Morgan fingerprint density at radius 2 is 2.00 bits per heavy atom. The van der Waals surface area contributed by atoms with E-state index in [1.807, 2.05) is 30.3 Å². The highest BCUT2D eigenvalue weighted by molar-refractivity contribution is 5.96. The van der Waals surface area contributed by atoms with Crippen molar-refractivity contribution in [2.75, 3.05) is 13.6 Å². The van der Waals surface area contributed by atoms with Crippen LogP contribution < -0.4 is 5.32 Å². The Bertz CT molecular complexity index is 698. The maximum Gasteiger partial charge on any atom is 0.276 e. The Kier molecular flexibility index (Phi) is 4.36. The fourth-order valence-electron chi connectivity index (χ4n) is 2.81. The number of benzene rings is 1. The van der Waals surface area contributed by atoms with Gasteiger partial charge in [-0.1, -0.05) is 18.2 Å². The zero-order valence-electron chi connectivity index (χ0n) is 13.0. The van der Waals surface area contributed by atoms with Gasteiger partial charge >= 0.3 is 0 Å². The molecule has 1 N–H and O–H groups in total. The molecule has 0 bridgehead atoms. The van der Waals surface area contributed by atoms with Gasteiger partial charge in [-0.15, -0.1) is 5.10 Å². The Morgan fingerprint density at radius 1 is 1.22 bits per heavy atom. The van der Waals surface area contributed by atoms with Gasteiger partial charge in [0.15, 0.2) is 5.69 Å². The van der Waals surface area contributed by atoms with Crippen molar-refractivity contribution < 1.29 is 9.59 Å². The number of hydrogen-bond donors (Lipinski definition) is 1. The summed E-state index contributed by atoms with van der Waals surface area (Å²) < 4.78 is 0. The maximum absolute atomic E-state index is 12.7. The molecular weight excluding hydrogens is 294 g/mol. The molecule has 0 spiro atoms. The second-order valence-electron chi connectivity index (χ2n) is 5.48. The molecular formula is C16H19N5O2. The van der Waals surface area contributed by atoms with Crippen molar-refractivity contribution >= 4 is 11.8 Å². The van der Waals surface area contributed by atoms with Crippen LogP contribution in [0.5, 0.6) is 0 Å². The lowest BCUT2D eigenvalue weighted by Gasteiger charge is -2.33. The van der Waals surface area contributed by atoms with Gasteiger partial charge in [0.25, 0.3) is 5.91 Å². The molecule has 2 aromatic rings. The van der Waals surface area contributed by atoms with Gasteiger partial charge in [-0.2, -0.15) is 9.90 Å². The smallest absolute Gasteiger partial charge is 0.276 e. The Balaban J connectivity index is 1.82. The topological polar surface area (TPSA) is 80.1 Å². The molecule has 0 radical (unpaired) electrons. The lowest BCUT2D eigenvalue weighted by Crippen LogP contribution is -2.51. The van der Waals surface area contributed by atoms with Gasteiger partial charge in [0, 0.05) is 13.6 Å². The minimum absolute atomic E-state index is 0.131. The number of amides is 2. The summed E-state index contributed by atoms with van der Waals surface area (Å²) in [6, 6.07) is 8.97. The molecule has 2 amide bonds. The molecule has 0 saturated carbocycles. The highest BCUT2D eigenvalue weighted by Crippen LogP contribution is 2.19. The number of likely N-dealkylation sites (N-methyl/N-ethyl adjacent to an activating group) is 1. The predicted molar refractivity (Wildman–Crippen MR) is 84.1 cm³/mol. The summed E-state index contributed by atoms with van der Waals surface area (Å²) in [6.45, 7) is 0.565. The van der Waals surface area contributed by atoms with Crippen molar-refractivity contribution in [2.24, 2.45) is 0 Å². The number of para-hydroxylation sites is 1. The first-order valence-electron chi connectivity index (χ1n) is 7.71. The highest BCUT2D eigenvalue weighted by Gasteiger charge is 2.33. The second-order valence-corrected chi connectivity index (χ2v) is 5.48. The second kappa shape index (κ2) is 6.60. The van der Waals surface area contributed by atoms with E-state index in [4.69, 9.17) is 0 Å². The number of likely N-dealkylation sites (tertiary alicyclic amines) is 1. The SMILES string of the molecule is CNC(=O)[C@@H]1CCCCN1C(=O)c1cnn(-c2ccccc2)n1. The van der Waals surface area contributed by atoms with E-state index in [1.54, 1.807) is 11.9 Å². The van der Waals surface area contributed by atoms with Crippen molar-refractivity contribution in [3.8, 4) is 5.69 Å². The quantitative estimate of drug-likeness (QED) is 0.917. The van der Waals surface area contributed by atoms with Crippen LogP contribution in [-0.2, 0) is 4.79 Å². The predicted octanol–water partition coefficient (Wildman–Crippen LogP) is 1.01. The number of rotatable bonds is 3. The molecule has 1 aromatic carbocycles. The van der Waals surface area contributed by atoms with Crippen LogP contribution in [0.4, 0.5) is 0 Å². The van der Waals surface area contributed by atoms with Gasteiger partial charge in [-0.05, 0) is 31.4 Å². The highest BCUT2D eigenvalue weighted by atomic mass is 16.2. The van der Waals surface area contributed by atoms with Crippen LogP contribution in [0.2, 0.25) is 0 Å². The van der Waals surface area contributed by atoms with Crippen molar-refractivity contribution in [2.45, 2.75) is 25.3 Å². The molecule has 1 aromatic heterocycles. The third kappa shape index (κ3) is 3.08. The molecule has 0 aliphatic carbocycles.